The van der Waals surface area contributed by atoms with Crippen LogP contribution in [0.25, 0.3) is 0 Å². The van der Waals surface area contributed by atoms with Crippen LogP contribution in [0.4, 0.5) is 0 Å². The average molecular weight is 297 g/mol. The molecule has 1 unspecified atom stereocenters. The molecular weight excluding hydrogens is 278 g/mol. The van der Waals surface area contributed by atoms with E-state index < -0.39 is 16.1 Å². The smallest absolute Gasteiger partial charge is 0.263 e. The molecule has 1 aliphatic rings. The summed E-state index contributed by atoms with van der Waals surface area (Å²) in [4.78, 5) is 4.15. The van der Waals surface area contributed by atoms with Gasteiger partial charge in [-0.3, -0.25) is 0 Å². The van der Waals surface area contributed by atoms with E-state index >= 15 is 0 Å². The molecule has 1 aromatic heterocycles. The van der Waals surface area contributed by atoms with Gasteiger partial charge in [-0.15, -0.1) is 0 Å². The Bertz CT molecular complexity index is 616. The molecule has 20 heavy (non-hydrogen) atoms. The number of rotatable bonds is 4. The average Bonchev–Trinajstić information content (AvgIpc) is 2.81. The molecule has 1 fully saturated rings. The minimum atomic E-state index is -3.70. The fraction of sp³-hybridized carbons (Fsp3) is 0.667. The molecule has 1 saturated heterocycles. The van der Waals surface area contributed by atoms with Crippen LogP contribution in [0.3, 0.4) is 0 Å². The van der Waals surface area contributed by atoms with Gasteiger partial charge in [-0.05, 0) is 13.3 Å². The van der Waals surface area contributed by atoms with Crippen molar-refractivity contribution in [1.29, 1.82) is 5.26 Å². The molecule has 110 valence electrons. The van der Waals surface area contributed by atoms with Gasteiger partial charge in [-0.1, -0.05) is 6.92 Å². The molecule has 0 radical (unpaired) electrons. The van der Waals surface area contributed by atoms with E-state index in [0.29, 0.717) is 25.5 Å². The van der Waals surface area contributed by atoms with Crippen molar-refractivity contribution in [3.8, 4) is 6.07 Å². The summed E-state index contributed by atoms with van der Waals surface area (Å²) in [6.07, 6.45) is 2.47. The lowest BCUT2D eigenvalue weighted by Gasteiger charge is -2.30. The molecule has 0 aliphatic carbocycles. The van der Waals surface area contributed by atoms with Crippen molar-refractivity contribution in [2.45, 2.75) is 37.9 Å². The third kappa shape index (κ3) is 2.70. The highest BCUT2D eigenvalue weighted by Gasteiger charge is 2.35. The summed E-state index contributed by atoms with van der Waals surface area (Å²) >= 11 is 0. The Morgan fingerprint density at radius 3 is 3.00 bits per heavy atom. The summed E-state index contributed by atoms with van der Waals surface area (Å²) < 4.78 is 28.3. The van der Waals surface area contributed by atoms with Gasteiger partial charge in [0.25, 0.3) is 10.0 Å². The predicted molar refractivity (Wildman–Crippen MR) is 73.4 cm³/mol. The maximum absolute atomic E-state index is 12.6. The predicted octanol–water partition coefficient (Wildman–Crippen LogP) is 0.0876. The molecule has 0 bridgehead atoms. The molecule has 2 heterocycles. The number of sulfonamides is 1. The zero-order chi connectivity index (χ0) is 14.8. The first kappa shape index (κ1) is 15.0. The molecule has 0 saturated carbocycles. The molecule has 8 heteroatoms. The molecule has 0 spiro atoms. The highest BCUT2D eigenvalue weighted by Crippen LogP contribution is 2.19. The van der Waals surface area contributed by atoms with Crippen molar-refractivity contribution in [1.82, 2.24) is 19.2 Å². The van der Waals surface area contributed by atoms with E-state index in [2.05, 4.69) is 10.3 Å². The summed E-state index contributed by atoms with van der Waals surface area (Å²) in [6.45, 7) is 5.73. The van der Waals surface area contributed by atoms with Gasteiger partial charge < -0.3 is 9.88 Å². The van der Waals surface area contributed by atoms with Gasteiger partial charge in [-0.2, -0.15) is 9.57 Å². The number of aryl methyl sites for hydroxylation is 2. The van der Waals surface area contributed by atoms with Crippen molar-refractivity contribution in [2.24, 2.45) is 0 Å². The maximum atomic E-state index is 12.6. The maximum Gasteiger partial charge on any atom is 0.263 e. The van der Waals surface area contributed by atoms with Gasteiger partial charge in [-0.25, -0.2) is 13.4 Å². The van der Waals surface area contributed by atoms with Gasteiger partial charge in [0, 0.05) is 32.4 Å². The van der Waals surface area contributed by atoms with E-state index in [9.17, 15) is 8.42 Å². The van der Waals surface area contributed by atoms with E-state index in [4.69, 9.17) is 5.26 Å². The lowest BCUT2D eigenvalue weighted by atomic mass is 10.3. The van der Waals surface area contributed by atoms with Gasteiger partial charge in [0.15, 0.2) is 5.03 Å². The lowest BCUT2D eigenvalue weighted by molar-refractivity contribution is 0.311. The second-order valence-corrected chi connectivity index (χ2v) is 6.62. The van der Waals surface area contributed by atoms with Gasteiger partial charge in [0.2, 0.25) is 0 Å². The lowest BCUT2D eigenvalue weighted by Crippen LogP contribution is -2.52. The Balaban J connectivity index is 2.34. The van der Waals surface area contributed by atoms with Crippen LogP contribution in [0.5, 0.6) is 0 Å². The molecule has 1 aliphatic heterocycles. The highest BCUT2D eigenvalue weighted by atomic mass is 32.2. The first-order valence-corrected chi connectivity index (χ1v) is 8.10. The molecule has 1 aromatic rings. The molecule has 0 amide bonds. The molecule has 7 nitrogen and oxygen atoms in total. The minimum absolute atomic E-state index is 0.0330. The van der Waals surface area contributed by atoms with Gasteiger partial charge in [0.1, 0.15) is 11.9 Å². The van der Waals surface area contributed by atoms with Crippen LogP contribution >= 0.6 is 0 Å². The summed E-state index contributed by atoms with van der Waals surface area (Å²) in [7, 11) is -3.70. The first-order valence-electron chi connectivity index (χ1n) is 6.66. The normalized spacial score (nSPS) is 20.8. The summed E-state index contributed by atoms with van der Waals surface area (Å²) in [5, 5.41) is 12.1. The van der Waals surface area contributed by atoms with Crippen molar-refractivity contribution in [2.75, 3.05) is 19.6 Å². The van der Waals surface area contributed by atoms with Crippen LogP contribution in [0.15, 0.2) is 11.2 Å². The fourth-order valence-electron chi connectivity index (χ4n) is 2.27. The number of nitriles is 1. The Hall–Kier alpha value is -1.43. The van der Waals surface area contributed by atoms with Crippen LogP contribution in [0.2, 0.25) is 0 Å². The third-order valence-corrected chi connectivity index (χ3v) is 5.11. The van der Waals surface area contributed by atoms with E-state index in [0.717, 1.165) is 13.0 Å². The summed E-state index contributed by atoms with van der Waals surface area (Å²) in [6, 6.07) is 1.35. The Kier molecular flexibility index (Phi) is 4.42. The first-order chi connectivity index (χ1) is 9.50. The number of hydrogen-bond donors (Lipinski definition) is 1. The van der Waals surface area contributed by atoms with Crippen LogP contribution in [-0.2, 0) is 16.6 Å². The van der Waals surface area contributed by atoms with Gasteiger partial charge >= 0.3 is 0 Å². The zero-order valence-electron chi connectivity index (χ0n) is 11.7. The van der Waals surface area contributed by atoms with Crippen LogP contribution in [0.1, 0.15) is 19.2 Å². The quantitative estimate of drug-likeness (QED) is 0.850. The topological polar surface area (TPSA) is 91.0 Å². The molecule has 2 rings (SSSR count). The number of nitrogens with zero attached hydrogens (tertiary/aromatic N) is 4. The highest BCUT2D eigenvalue weighted by molar-refractivity contribution is 7.89. The fourth-order valence-corrected chi connectivity index (χ4v) is 3.81. The van der Waals surface area contributed by atoms with Gasteiger partial charge in [0.05, 0.1) is 6.07 Å². The molecular formula is C12H19N5O2S. The number of imidazole rings is 1. The van der Waals surface area contributed by atoms with Crippen molar-refractivity contribution >= 4 is 10.0 Å². The Labute approximate surface area is 119 Å². The number of aromatic nitrogens is 2. The van der Waals surface area contributed by atoms with Crippen molar-refractivity contribution < 1.29 is 8.42 Å². The van der Waals surface area contributed by atoms with Crippen LogP contribution < -0.4 is 5.32 Å². The second-order valence-electron chi connectivity index (χ2n) is 4.78. The monoisotopic (exact) mass is 297 g/mol. The van der Waals surface area contributed by atoms with Crippen LogP contribution in [-0.4, -0.2) is 48.0 Å². The summed E-state index contributed by atoms with van der Waals surface area (Å²) in [5.74, 6) is 0.675. The SMILES string of the molecule is CCCn1cc(S(=O)(=O)N2CCNCC2C#N)nc1C. The number of hydrogen-bond acceptors (Lipinski definition) is 5. The van der Waals surface area contributed by atoms with Crippen molar-refractivity contribution in [3.63, 3.8) is 0 Å². The second kappa shape index (κ2) is 5.91. The van der Waals surface area contributed by atoms with Crippen molar-refractivity contribution in [3.05, 3.63) is 12.0 Å². The van der Waals surface area contributed by atoms with E-state index in [1.165, 1.54) is 4.31 Å². The third-order valence-electron chi connectivity index (χ3n) is 3.33. The molecule has 0 aromatic carbocycles. The Morgan fingerprint density at radius 2 is 2.35 bits per heavy atom. The van der Waals surface area contributed by atoms with Crippen LogP contribution in [0, 0.1) is 18.3 Å². The zero-order valence-corrected chi connectivity index (χ0v) is 12.5. The largest absolute Gasteiger partial charge is 0.334 e. The number of nitrogens with one attached hydrogen (secondary N) is 1. The Morgan fingerprint density at radius 1 is 1.60 bits per heavy atom. The van der Waals surface area contributed by atoms with E-state index in [-0.39, 0.29) is 5.03 Å². The molecule has 1 N–H and O–H groups in total. The standard InChI is InChI=1S/C12H19N5O2S/c1-3-5-16-9-12(15-10(16)2)20(18,19)17-6-4-14-8-11(17)7-13/h9,11,14H,3-6,8H2,1-2H3. The molecule has 1 atom stereocenters. The number of piperazine rings is 1. The van der Waals surface area contributed by atoms with E-state index in [1.807, 2.05) is 17.6 Å². The summed E-state index contributed by atoms with van der Waals surface area (Å²) in [5.41, 5.74) is 0. The minimum Gasteiger partial charge on any atom is -0.334 e. The van der Waals surface area contributed by atoms with E-state index in [1.54, 1.807) is 13.1 Å².